The van der Waals surface area contributed by atoms with E-state index in [1.54, 1.807) is 0 Å². The van der Waals surface area contributed by atoms with Gasteiger partial charge in [-0.05, 0) is 0 Å². The van der Waals surface area contributed by atoms with Crippen molar-refractivity contribution in [3.8, 4) is 0 Å². The molecule has 0 aromatic heterocycles. The van der Waals surface area contributed by atoms with Crippen LogP contribution in [0.5, 0.6) is 0 Å². The smallest absolute Gasteiger partial charge is 0.401 e. The minimum atomic E-state index is -4.72. The van der Waals surface area contributed by atoms with Crippen molar-refractivity contribution in [2.75, 3.05) is 0 Å². The Kier molecular flexibility index (Phi) is 7.03. The fourth-order valence-electron chi connectivity index (χ4n) is 0.123. The van der Waals surface area contributed by atoms with Crippen molar-refractivity contribution < 1.29 is 61.6 Å². The fourth-order valence-corrected chi connectivity index (χ4v) is 0.368. The SMILES string of the molecule is O=P(O)(O)OB(O)O.[Y]. The molecule has 0 aliphatic heterocycles. The van der Waals surface area contributed by atoms with Gasteiger partial charge in [0.05, 0.1) is 0 Å². The van der Waals surface area contributed by atoms with Gasteiger partial charge < -0.3 is 19.8 Å². The van der Waals surface area contributed by atoms with E-state index in [4.69, 9.17) is 19.8 Å². The van der Waals surface area contributed by atoms with Gasteiger partial charge in [-0.3, -0.25) is 4.44 Å². The van der Waals surface area contributed by atoms with E-state index in [9.17, 15) is 4.57 Å². The van der Waals surface area contributed by atoms with Gasteiger partial charge in [-0.1, -0.05) is 0 Å². The van der Waals surface area contributed by atoms with Crippen molar-refractivity contribution in [2.24, 2.45) is 0 Å². The predicted octanol–water partition coefficient (Wildman–Crippen LogP) is -1.94. The molecule has 1 radical (unpaired) electrons. The Bertz CT molecular complexity index is 106. The summed E-state index contributed by atoms with van der Waals surface area (Å²) in [7, 11) is -7.14. The Labute approximate surface area is 76.5 Å². The monoisotopic (exact) mass is 231 g/mol. The normalized spacial score (nSPS) is 10.2. The molecule has 0 heterocycles. The molecule has 0 amide bonds. The summed E-state index contributed by atoms with van der Waals surface area (Å²) < 4.78 is 12.8. The van der Waals surface area contributed by atoms with Gasteiger partial charge in [0.1, 0.15) is 0 Å². The second-order valence-electron chi connectivity index (χ2n) is 0.922. The molecule has 9 heteroatoms. The average Bonchev–Trinajstić information content (AvgIpc) is 1.21. The van der Waals surface area contributed by atoms with Gasteiger partial charge in [0.15, 0.2) is 0 Å². The molecular weight excluding hydrogens is 227 g/mol. The van der Waals surface area contributed by atoms with Crippen molar-refractivity contribution in [2.45, 2.75) is 0 Å². The second kappa shape index (κ2) is 4.93. The first-order chi connectivity index (χ1) is 3.42. The fraction of sp³-hybridized carbons (Fsp3) is 0. The van der Waals surface area contributed by atoms with Crippen LogP contribution in [-0.4, -0.2) is 27.2 Å². The maximum absolute atomic E-state index is 9.59. The van der Waals surface area contributed by atoms with Crippen LogP contribution >= 0.6 is 7.82 Å². The van der Waals surface area contributed by atoms with E-state index in [1.807, 2.05) is 0 Å². The average molecular weight is 231 g/mol. The first kappa shape index (κ1) is 12.8. The maximum Gasteiger partial charge on any atom is 0.642 e. The predicted molar refractivity (Wildman–Crippen MR) is 23.3 cm³/mol. The molecule has 0 fully saturated rings. The van der Waals surface area contributed by atoms with E-state index >= 15 is 0 Å². The molecule has 0 aromatic carbocycles. The summed E-state index contributed by atoms with van der Waals surface area (Å²) in [4.78, 5) is 15.5. The summed E-state index contributed by atoms with van der Waals surface area (Å²) in [5, 5.41) is 15.5. The Morgan fingerprint density at radius 2 is 1.67 bits per heavy atom. The van der Waals surface area contributed by atoms with E-state index in [1.165, 1.54) is 0 Å². The Morgan fingerprint density at radius 3 is 1.67 bits per heavy atom. The molecule has 9 heavy (non-hydrogen) atoms. The van der Waals surface area contributed by atoms with Crippen LogP contribution in [0, 0.1) is 0 Å². The summed E-state index contributed by atoms with van der Waals surface area (Å²) >= 11 is 0. The van der Waals surface area contributed by atoms with Gasteiger partial charge in [0, 0.05) is 32.7 Å². The zero-order valence-electron chi connectivity index (χ0n) is 4.21. The van der Waals surface area contributed by atoms with Crippen LogP contribution in [0.15, 0.2) is 0 Å². The molecule has 0 aliphatic rings. The van der Waals surface area contributed by atoms with Crippen molar-refractivity contribution in [1.82, 2.24) is 0 Å². The summed E-state index contributed by atoms with van der Waals surface area (Å²) in [6.45, 7) is 0. The van der Waals surface area contributed by atoms with Crippen LogP contribution < -0.4 is 0 Å². The number of hydrogen-bond acceptors (Lipinski definition) is 4. The van der Waals surface area contributed by atoms with Crippen LogP contribution in [0.1, 0.15) is 0 Å². The number of rotatable bonds is 2. The van der Waals surface area contributed by atoms with Gasteiger partial charge in [0.2, 0.25) is 0 Å². The summed E-state index contributed by atoms with van der Waals surface area (Å²) in [6.07, 6.45) is 0. The third-order valence-corrected chi connectivity index (χ3v) is 0.695. The molecule has 0 atom stereocenters. The summed E-state index contributed by atoms with van der Waals surface area (Å²) in [6, 6.07) is 0. The Balaban J connectivity index is 0. The van der Waals surface area contributed by atoms with Crippen LogP contribution in [0.2, 0.25) is 0 Å². The Hall–Kier alpha value is 1.20. The topological polar surface area (TPSA) is 107 Å². The third kappa shape index (κ3) is 12.4. The molecule has 0 aromatic rings. The summed E-state index contributed by atoms with van der Waals surface area (Å²) in [5.74, 6) is 0. The zero-order chi connectivity index (χ0) is 6.78. The van der Waals surface area contributed by atoms with E-state index in [2.05, 4.69) is 4.44 Å². The van der Waals surface area contributed by atoms with Crippen LogP contribution in [0.3, 0.4) is 0 Å². The van der Waals surface area contributed by atoms with E-state index in [0.29, 0.717) is 0 Å². The van der Waals surface area contributed by atoms with Crippen molar-refractivity contribution in [3.05, 3.63) is 0 Å². The summed E-state index contributed by atoms with van der Waals surface area (Å²) in [5.41, 5.74) is 0. The molecule has 0 unspecified atom stereocenters. The molecule has 0 spiro atoms. The van der Waals surface area contributed by atoms with Gasteiger partial charge in [-0.15, -0.1) is 0 Å². The minimum Gasteiger partial charge on any atom is -0.401 e. The number of hydrogen-bond donors (Lipinski definition) is 4. The zero-order valence-corrected chi connectivity index (χ0v) is 7.94. The van der Waals surface area contributed by atoms with E-state index in [-0.39, 0.29) is 32.7 Å². The van der Waals surface area contributed by atoms with Gasteiger partial charge in [-0.2, -0.15) is 0 Å². The van der Waals surface area contributed by atoms with Crippen LogP contribution in [-0.2, 0) is 41.7 Å². The molecule has 0 aliphatic carbocycles. The van der Waals surface area contributed by atoms with E-state index in [0.717, 1.165) is 0 Å². The molecule has 6 nitrogen and oxygen atoms in total. The van der Waals surface area contributed by atoms with E-state index < -0.39 is 15.1 Å². The van der Waals surface area contributed by atoms with Gasteiger partial charge in [-0.25, -0.2) is 4.57 Å². The molecule has 51 valence electrons. The maximum atomic E-state index is 9.59. The third-order valence-electron chi connectivity index (χ3n) is 0.232. The molecule has 0 saturated carbocycles. The van der Waals surface area contributed by atoms with Crippen molar-refractivity contribution in [1.29, 1.82) is 0 Å². The van der Waals surface area contributed by atoms with Crippen LogP contribution in [0.4, 0.5) is 0 Å². The van der Waals surface area contributed by atoms with Gasteiger partial charge in [0.25, 0.3) is 0 Å². The van der Waals surface area contributed by atoms with Crippen molar-refractivity contribution >= 4 is 15.1 Å². The Morgan fingerprint density at radius 1 is 1.33 bits per heavy atom. The molecule has 0 bridgehead atoms. The number of phosphoric acid groups is 1. The quantitative estimate of drug-likeness (QED) is 0.325. The molecular formula is H4BO6PY. The largest absolute Gasteiger partial charge is 0.642 e. The standard InChI is InChI=1S/BH4O6P.Y/c2-1(3)7-8(4,5)6;/h2-3H,(H2,4,5,6);. The van der Waals surface area contributed by atoms with Crippen LogP contribution in [0.25, 0.3) is 0 Å². The minimum absolute atomic E-state index is 0. The molecule has 0 rings (SSSR count). The van der Waals surface area contributed by atoms with Gasteiger partial charge >= 0.3 is 15.1 Å². The van der Waals surface area contributed by atoms with Crippen molar-refractivity contribution in [3.63, 3.8) is 0 Å². The molecule has 0 saturated heterocycles. The first-order valence-electron chi connectivity index (χ1n) is 1.52. The second-order valence-corrected chi connectivity index (χ2v) is 2.11. The first-order valence-corrected chi connectivity index (χ1v) is 3.05. The molecule has 4 N–H and O–H groups in total.